The molecular weight excluding hydrogens is 532 g/mol. The molecule has 2 heterocycles. The van der Waals surface area contributed by atoms with E-state index in [1.54, 1.807) is 6.07 Å². The van der Waals surface area contributed by atoms with E-state index in [0.717, 1.165) is 55.1 Å². The summed E-state index contributed by atoms with van der Waals surface area (Å²) in [6.45, 7) is 5.80. The van der Waals surface area contributed by atoms with E-state index in [0.29, 0.717) is 31.1 Å². The van der Waals surface area contributed by atoms with E-state index in [2.05, 4.69) is 21.4 Å². The van der Waals surface area contributed by atoms with Crippen LogP contribution in [0.5, 0.6) is 5.75 Å². The maximum Gasteiger partial charge on any atom is 0.254 e. The van der Waals surface area contributed by atoms with Crippen molar-refractivity contribution in [2.45, 2.75) is 70.3 Å². The highest BCUT2D eigenvalue weighted by atomic mass is 35.5. The van der Waals surface area contributed by atoms with Crippen molar-refractivity contribution in [3.8, 4) is 5.75 Å². The number of carbonyl (C=O) groups is 1. The minimum atomic E-state index is -1.66. The number of benzene rings is 2. The Kier molecular flexibility index (Phi) is 8.99. The molecular formula is C31H38ClN2O4S-. The zero-order valence-electron chi connectivity index (χ0n) is 22.7. The molecule has 2 aliphatic heterocycles. The van der Waals surface area contributed by atoms with Crippen LogP contribution in [0.2, 0.25) is 5.02 Å². The lowest BCUT2D eigenvalue weighted by molar-refractivity contribution is 0.0459. The quantitative estimate of drug-likeness (QED) is 0.281. The number of aryl methyl sites for hydroxylation is 1. The summed E-state index contributed by atoms with van der Waals surface area (Å²) in [7, 11) is -1.66. The Morgan fingerprint density at radius 1 is 1.10 bits per heavy atom. The van der Waals surface area contributed by atoms with E-state index < -0.39 is 22.6 Å². The molecule has 5 rings (SSSR count). The van der Waals surface area contributed by atoms with Crippen LogP contribution in [0.4, 0.5) is 5.69 Å². The topological polar surface area (TPSA) is 79.2 Å². The Labute approximate surface area is 238 Å². The first-order chi connectivity index (χ1) is 18.8. The van der Waals surface area contributed by atoms with Gasteiger partial charge in [-0.1, -0.05) is 54.8 Å². The highest BCUT2D eigenvalue weighted by Gasteiger charge is 2.37. The minimum Gasteiger partial charge on any atom is -0.491 e. The molecule has 1 saturated carbocycles. The van der Waals surface area contributed by atoms with Gasteiger partial charge in [0.25, 0.3) is 5.91 Å². The molecule has 8 heteroatoms. The second kappa shape index (κ2) is 12.4. The second-order valence-corrected chi connectivity index (χ2v) is 13.2. The van der Waals surface area contributed by atoms with Crippen molar-refractivity contribution in [3.05, 3.63) is 70.3 Å². The number of hydrogen-bond acceptors (Lipinski definition) is 6. The summed E-state index contributed by atoms with van der Waals surface area (Å²) in [6, 6.07) is 11.5. The molecule has 1 fully saturated rings. The summed E-state index contributed by atoms with van der Waals surface area (Å²) in [5.41, 5.74) is 3.66. The van der Waals surface area contributed by atoms with E-state index in [1.807, 2.05) is 44.2 Å². The number of fused-ring (bicyclic) bond motifs is 3. The van der Waals surface area contributed by atoms with Crippen molar-refractivity contribution >= 4 is 33.8 Å². The molecule has 0 radical (unpaired) electrons. The van der Waals surface area contributed by atoms with Crippen molar-refractivity contribution in [1.82, 2.24) is 0 Å². The fourth-order valence-electron chi connectivity index (χ4n) is 5.79. The molecule has 1 aliphatic carbocycles. The molecule has 0 aromatic heterocycles. The minimum absolute atomic E-state index is 0.0563. The Morgan fingerprint density at radius 2 is 1.95 bits per heavy atom. The van der Waals surface area contributed by atoms with Crippen LogP contribution in [0.25, 0.3) is 0 Å². The van der Waals surface area contributed by atoms with E-state index in [9.17, 15) is 14.1 Å². The number of hydrogen-bond donors (Lipinski definition) is 1. The molecule has 0 saturated heterocycles. The van der Waals surface area contributed by atoms with Gasteiger partial charge in [0.2, 0.25) is 0 Å². The molecule has 39 heavy (non-hydrogen) atoms. The Balaban J connectivity index is 1.61. The van der Waals surface area contributed by atoms with Crippen LogP contribution < -0.4 is 9.64 Å². The molecule has 0 unspecified atom stereocenters. The predicted molar refractivity (Wildman–Crippen MR) is 157 cm³/mol. The third kappa shape index (κ3) is 6.53. The van der Waals surface area contributed by atoms with Crippen LogP contribution in [0, 0.1) is 17.8 Å². The van der Waals surface area contributed by atoms with Gasteiger partial charge in [-0.25, -0.2) is 0 Å². The van der Waals surface area contributed by atoms with Gasteiger partial charge in [-0.3, -0.25) is 4.79 Å². The van der Waals surface area contributed by atoms with Crippen molar-refractivity contribution in [2.75, 3.05) is 18.1 Å². The largest absolute Gasteiger partial charge is 0.491 e. The smallest absolute Gasteiger partial charge is 0.254 e. The van der Waals surface area contributed by atoms with E-state index in [-0.39, 0.29) is 17.1 Å². The number of carbonyl (C=O) groups excluding carboxylic acids is 1. The maximum atomic E-state index is 13.2. The molecule has 3 aliphatic rings. The fraction of sp³-hybridized carbons (Fsp3) is 0.516. The van der Waals surface area contributed by atoms with E-state index >= 15 is 0 Å². The van der Waals surface area contributed by atoms with E-state index in [1.165, 1.54) is 11.1 Å². The van der Waals surface area contributed by atoms with Crippen LogP contribution in [0.1, 0.15) is 67.4 Å². The molecule has 2 aromatic carbocycles. The first kappa shape index (κ1) is 28.2. The van der Waals surface area contributed by atoms with Gasteiger partial charge in [0.05, 0.1) is 18.4 Å². The van der Waals surface area contributed by atoms with E-state index in [4.69, 9.17) is 16.3 Å². The maximum absolute atomic E-state index is 13.2. The summed E-state index contributed by atoms with van der Waals surface area (Å²) >= 11 is 6.38. The van der Waals surface area contributed by atoms with Gasteiger partial charge < -0.3 is 23.3 Å². The number of halogens is 1. The number of aliphatic hydroxyl groups excluding tert-OH is 1. The molecule has 210 valence electrons. The van der Waals surface area contributed by atoms with Crippen molar-refractivity contribution in [3.63, 3.8) is 0 Å². The SMILES string of the molecule is C[C@@H]1[C@@H](C)C/C=C\[C@H](O)[C@@H]2CC[C@H]2CN2Cc3ccc(Cl)cc3CCCCOc3ccc(cc32)C(=O)N=[S-]1=O. The Morgan fingerprint density at radius 3 is 2.74 bits per heavy atom. The summed E-state index contributed by atoms with van der Waals surface area (Å²) in [4.78, 5) is 15.5. The predicted octanol–water partition coefficient (Wildman–Crippen LogP) is 6.72. The molecule has 6 nitrogen and oxygen atoms in total. The number of aliphatic hydroxyl groups is 1. The second-order valence-electron chi connectivity index (χ2n) is 11.3. The van der Waals surface area contributed by atoms with Crippen LogP contribution in [0.3, 0.4) is 0 Å². The standard InChI is InChI=1S/C31H38ClN2O4S/c1-20-6-5-8-29(35)27-13-10-25(27)19-34-18-24-9-12-26(32)16-22(24)7-3-4-15-38-30-14-11-23(17-28(30)34)31(36)33-39(37)21(20)2/h5,8-9,11-12,14,16-17,20-21,25,27,29,35H,3-4,6-7,10,13,15,18-19H2,1-2H3/q-1/b8-5-/t20-,21+,25-,27+,29-/m0/s1. The van der Waals surface area contributed by atoms with Crippen LogP contribution in [-0.4, -0.2) is 35.5 Å². The number of nitrogens with zero attached hydrogens (tertiary/aromatic N) is 2. The van der Waals surface area contributed by atoms with Crippen LogP contribution in [0.15, 0.2) is 52.9 Å². The summed E-state index contributed by atoms with van der Waals surface area (Å²) in [6.07, 6.45) is 8.88. The average Bonchev–Trinajstić information content (AvgIpc) is 2.92. The zero-order chi connectivity index (χ0) is 27.5. The lowest BCUT2D eigenvalue weighted by atomic mass is 9.70. The summed E-state index contributed by atoms with van der Waals surface area (Å²) in [5, 5.41) is 11.5. The van der Waals surface area contributed by atoms with Gasteiger partial charge in [0.15, 0.2) is 0 Å². The van der Waals surface area contributed by atoms with Gasteiger partial charge in [-0.2, -0.15) is 10.6 Å². The van der Waals surface area contributed by atoms with Crippen LogP contribution in [-0.2, 0) is 27.8 Å². The highest BCUT2D eigenvalue weighted by Crippen LogP contribution is 2.41. The van der Waals surface area contributed by atoms with Crippen molar-refractivity contribution in [2.24, 2.45) is 22.1 Å². The summed E-state index contributed by atoms with van der Waals surface area (Å²) < 4.78 is 23.3. The Bertz CT molecular complexity index is 1320. The van der Waals surface area contributed by atoms with Gasteiger partial charge in [-0.05, 0) is 91.8 Å². The highest BCUT2D eigenvalue weighted by molar-refractivity contribution is 7.75. The molecule has 1 amide bonds. The molecule has 2 bridgehead atoms. The van der Waals surface area contributed by atoms with Crippen molar-refractivity contribution < 1.29 is 18.8 Å². The van der Waals surface area contributed by atoms with Gasteiger partial charge in [0, 0.05) is 23.7 Å². The normalized spacial score (nSPS) is 29.5. The average molecular weight is 570 g/mol. The summed E-state index contributed by atoms with van der Waals surface area (Å²) in [5.74, 6) is 0.781. The first-order valence-corrected chi connectivity index (χ1v) is 15.7. The molecule has 2 aromatic rings. The van der Waals surface area contributed by atoms with Gasteiger partial charge in [0.1, 0.15) is 5.75 Å². The number of amides is 1. The number of allylic oxidation sites excluding steroid dienone is 1. The monoisotopic (exact) mass is 569 g/mol. The van der Waals surface area contributed by atoms with Gasteiger partial charge >= 0.3 is 0 Å². The number of anilines is 1. The lowest BCUT2D eigenvalue weighted by Crippen LogP contribution is -2.43. The van der Waals surface area contributed by atoms with Crippen LogP contribution >= 0.6 is 11.6 Å². The molecule has 1 N–H and O–H groups in total. The fourth-order valence-corrected chi connectivity index (χ4v) is 6.93. The lowest BCUT2D eigenvalue weighted by Gasteiger charge is -2.42. The molecule has 0 spiro atoms. The Hall–Kier alpha value is -2.35. The third-order valence-electron chi connectivity index (χ3n) is 8.68. The molecule has 5 atom stereocenters. The number of rotatable bonds is 0. The first-order valence-electron chi connectivity index (χ1n) is 14.1. The zero-order valence-corrected chi connectivity index (χ0v) is 24.3. The van der Waals surface area contributed by atoms with Crippen molar-refractivity contribution in [1.29, 1.82) is 0 Å². The number of ether oxygens (including phenoxy) is 1. The third-order valence-corrected chi connectivity index (χ3v) is 10.4. The van der Waals surface area contributed by atoms with Gasteiger partial charge in [-0.15, -0.1) is 0 Å².